The number of carbonyl (C=O) groups is 1. The summed E-state index contributed by atoms with van der Waals surface area (Å²) in [4.78, 5) is 24.7. The largest absolute Gasteiger partial charge is 0.423 e. The minimum atomic E-state index is -0.696. The van der Waals surface area contributed by atoms with Gasteiger partial charge in [-0.15, -0.1) is 0 Å². The Morgan fingerprint density at radius 2 is 1.75 bits per heavy atom. The van der Waals surface area contributed by atoms with Gasteiger partial charge in [0.05, 0.1) is 11.1 Å². The molecule has 1 aromatic heterocycles. The summed E-state index contributed by atoms with van der Waals surface area (Å²) in [5.74, 6) is -1.02. The number of halogens is 1. The van der Waals surface area contributed by atoms with E-state index in [1.165, 1.54) is 24.3 Å². The lowest BCUT2D eigenvalue weighted by Crippen LogP contribution is -2.09. The van der Waals surface area contributed by atoms with Gasteiger partial charge in [-0.3, -0.25) is 0 Å². The third-order valence-electron chi connectivity index (χ3n) is 4.47. The first-order chi connectivity index (χ1) is 13.5. The number of ether oxygens (including phenoxy) is 1. The molecule has 0 fully saturated rings. The third-order valence-corrected chi connectivity index (χ3v) is 4.47. The SMILES string of the molecule is Cc1c(-c2ccccc2)c(=O)oc2cc(OC(=O)c3cccc(F)c3)ccc12. The first-order valence-corrected chi connectivity index (χ1v) is 8.63. The zero-order valence-corrected chi connectivity index (χ0v) is 14.9. The van der Waals surface area contributed by atoms with Gasteiger partial charge in [-0.1, -0.05) is 36.4 Å². The second-order valence-corrected chi connectivity index (χ2v) is 6.31. The Morgan fingerprint density at radius 1 is 0.964 bits per heavy atom. The predicted octanol–water partition coefficient (Wildman–Crippen LogP) is 5.13. The Hall–Kier alpha value is -3.73. The fourth-order valence-corrected chi connectivity index (χ4v) is 3.12. The molecule has 0 spiro atoms. The average molecular weight is 374 g/mol. The number of carbonyl (C=O) groups excluding carboxylic acids is 1. The van der Waals surface area contributed by atoms with Crippen LogP contribution in [0.4, 0.5) is 4.39 Å². The molecule has 4 aromatic rings. The normalized spacial score (nSPS) is 10.8. The van der Waals surface area contributed by atoms with E-state index in [0.29, 0.717) is 11.1 Å². The van der Waals surface area contributed by atoms with Crippen molar-refractivity contribution in [2.45, 2.75) is 6.92 Å². The summed E-state index contributed by atoms with van der Waals surface area (Å²) < 4.78 is 24.0. The molecule has 1 heterocycles. The number of fused-ring (bicyclic) bond motifs is 1. The number of benzene rings is 3. The van der Waals surface area contributed by atoms with Gasteiger partial charge >= 0.3 is 11.6 Å². The molecule has 28 heavy (non-hydrogen) atoms. The van der Waals surface area contributed by atoms with Crippen molar-refractivity contribution >= 4 is 16.9 Å². The van der Waals surface area contributed by atoms with Crippen LogP contribution in [0.2, 0.25) is 0 Å². The molecule has 0 unspecified atom stereocenters. The summed E-state index contributed by atoms with van der Waals surface area (Å²) in [7, 11) is 0. The second-order valence-electron chi connectivity index (χ2n) is 6.31. The lowest BCUT2D eigenvalue weighted by atomic mass is 10.00. The highest BCUT2D eigenvalue weighted by molar-refractivity contribution is 5.92. The Bertz CT molecular complexity index is 1240. The summed E-state index contributed by atoms with van der Waals surface area (Å²) in [6.45, 7) is 1.85. The van der Waals surface area contributed by atoms with Crippen molar-refractivity contribution < 1.29 is 18.3 Å². The molecule has 0 saturated heterocycles. The van der Waals surface area contributed by atoms with E-state index in [4.69, 9.17) is 9.15 Å². The Kier molecular flexibility index (Phi) is 4.49. The van der Waals surface area contributed by atoms with Crippen LogP contribution in [0.5, 0.6) is 5.75 Å². The molecule has 0 aliphatic heterocycles. The molecule has 0 radical (unpaired) electrons. The second kappa shape index (κ2) is 7.12. The molecular formula is C23H15FO4. The topological polar surface area (TPSA) is 56.5 Å². The maximum Gasteiger partial charge on any atom is 0.344 e. The summed E-state index contributed by atoms with van der Waals surface area (Å²) in [5.41, 5.74) is 1.99. The standard InChI is InChI=1S/C23H15FO4/c1-14-19-11-10-18(27-22(25)16-8-5-9-17(24)12-16)13-20(19)28-23(26)21(14)15-6-3-2-4-7-15/h2-13H,1H3. The summed E-state index contributed by atoms with van der Waals surface area (Å²) >= 11 is 0. The zero-order chi connectivity index (χ0) is 19.7. The summed E-state index contributed by atoms with van der Waals surface area (Å²) in [5, 5.41) is 0.740. The first kappa shape index (κ1) is 17.7. The van der Waals surface area contributed by atoms with E-state index in [1.54, 1.807) is 12.1 Å². The van der Waals surface area contributed by atoms with Crippen LogP contribution >= 0.6 is 0 Å². The lowest BCUT2D eigenvalue weighted by Gasteiger charge is -2.09. The van der Waals surface area contributed by atoms with Crippen molar-refractivity contribution in [3.05, 3.63) is 100 Å². The fraction of sp³-hybridized carbons (Fsp3) is 0.0435. The van der Waals surface area contributed by atoms with Crippen molar-refractivity contribution in [1.29, 1.82) is 0 Å². The van der Waals surface area contributed by atoms with E-state index in [0.717, 1.165) is 22.6 Å². The lowest BCUT2D eigenvalue weighted by molar-refractivity contribution is 0.0734. The Balaban J connectivity index is 1.72. The molecule has 0 saturated carbocycles. The fourth-order valence-electron chi connectivity index (χ4n) is 3.12. The molecule has 5 heteroatoms. The number of esters is 1. The van der Waals surface area contributed by atoms with E-state index >= 15 is 0 Å². The number of rotatable bonds is 3. The van der Waals surface area contributed by atoms with Crippen LogP contribution in [0.15, 0.2) is 82.0 Å². The molecule has 0 aliphatic rings. The van der Waals surface area contributed by atoms with Crippen LogP contribution < -0.4 is 10.4 Å². The van der Waals surface area contributed by atoms with Crippen molar-refractivity contribution in [3.63, 3.8) is 0 Å². The average Bonchev–Trinajstić information content (AvgIpc) is 2.68. The Morgan fingerprint density at radius 3 is 2.50 bits per heavy atom. The van der Waals surface area contributed by atoms with Gasteiger partial charge in [0.1, 0.15) is 17.1 Å². The smallest absolute Gasteiger partial charge is 0.344 e. The van der Waals surface area contributed by atoms with Gasteiger partial charge in [-0.05, 0) is 48.4 Å². The van der Waals surface area contributed by atoms with Gasteiger partial charge in [0.15, 0.2) is 0 Å². The molecular weight excluding hydrogens is 359 g/mol. The van der Waals surface area contributed by atoms with Crippen molar-refractivity contribution in [2.75, 3.05) is 0 Å². The maximum atomic E-state index is 13.3. The van der Waals surface area contributed by atoms with Gasteiger partial charge in [-0.2, -0.15) is 0 Å². The van der Waals surface area contributed by atoms with E-state index in [1.807, 2.05) is 37.3 Å². The van der Waals surface area contributed by atoms with Gasteiger partial charge in [0, 0.05) is 11.5 Å². The number of aryl methyl sites for hydroxylation is 1. The molecule has 138 valence electrons. The molecule has 3 aromatic carbocycles. The molecule has 4 nitrogen and oxygen atoms in total. The Labute approximate surface area is 159 Å². The van der Waals surface area contributed by atoms with E-state index in [2.05, 4.69) is 0 Å². The molecule has 0 amide bonds. The maximum absolute atomic E-state index is 13.3. The van der Waals surface area contributed by atoms with Crippen LogP contribution in [-0.2, 0) is 0 Å². The summed E-state index contributed by atoms with van der Waals surface area (Å²) in [6, 6.07) is 19.3. The molecule has 0 N–H and O–H groups in total. The monoisotopic (exact) mass is 374 g/mol. The molecule has 0 atom stereocenters. The van der Waals surface area contributed by atoms with Gasteiger partial charge in [0.2, 0.25) is 0 Å². The van der Waals surface area contributed by atoms with E-state index in [-0.39, 0.29) is 11.3 Å². The van der Waals surface area contributed by atoms with E-state index < -0.39 is 17.4 Å². The minimum Gasteiger partial charge on any atom is -0.423 e. The highest BCUT2D eigenvalue weighted by Gasteiger charge is 2.15. The van der Waals surface area contributed by atoms with Crippen LogP contribution in [-0.4, -0.2) is 5.97 Å². The van der Waals surface area contributed by atoms with Gasteiger partial charge in [-0.25, -0.2) is 14.0 Å². The zero-order valence-electron chi connectivity index (χ0n) is 14.9. The predicted molar refractivity (Wildman–Crippen MR) is 104 cm³/mol. The van der Waals surface area contributed by atoms with Crippen molar-refractivity contribution in [1.82, 2.24) is 0 Å². The third kappa shape index (κ3) is 3.30. The highest BCUT2D eigenvalue weighted by atomic mass is 19.1. The summed E-state index contributed by atoms with van der Waals surface area (Å²) in [6.07, 6.45) is 0. The number of hydrogen-bond donors (Lipinski definition) is 0. The molecule has 0 bridgehead atoms. The minimum absolute atomic E-state index is 0.0946. The van der Waals surface area contributed by atoms with Crippen molar-refractivity contribution in [2.24, 2.45) is 0 Å². The van der Waals surface area contributed by atoms with Gasteiger partial charge in [0.25, 0.3) is 0 Å². The van der Waals surface area contributed by atoms with Crippen LogP contribution in [0.25, 0.3) is 22.1 Å². The van der Waals surface area contributed by atoms with Crippen molar-refractivity contribution in [3.8, 4) is 16.9 Å². The first-order valence-electron chi connectivity index (χ1n) is 8.63. The molecule has 4 rings (SSSR count). The van der Waals surface area contributed by atoms with E-state index in [9.17, 15) is 14.0 Å². The quantitative estimate of drug-likeness (QED) is 0.283. The van der Waals surface area contributed by atoms with Crippen LogP contribution in [0.1, 0.15) is 15.9 Å². The van der Waals surface area contributed by atoms with Crippen LogP contribution in [0, 0.1) is 12.7 Å². The molecule has 0 aliphatic carbocycles. The van der Waals surface area contributed by atoms with Crippen LogP contribution in [0.3, 0.4) is 0 Å². The number of hydrogen-bond acceptors (Lipinski definition) is 4. The highest BCUT2D eigenvalue weighted by Crippen LogP contribution is 2.29. The van der Waals surface area contributed by atoms with Gasteiger partial charge < -0.3 is 9.15 Å².